The number of hydrogen-bond acceptors (Lipinski definition) is 5. The van der Waals surface area contributed by atoms with E-state index < -0.39 is 24.0 Å². The molecule has 0 saturated heterocycles. The number of amides is 4. The molecule has 2 N–H and O–H groups in total. The van der Waals surface area contributed by atoms with Gasteiger partial charge in [-0.25, -0.2) is 4.79 Å². The van der Waals surface area contributed by atoms with Gasteiger partial charge in [-0.05, 0) is 26.7 Å². The average Bonchev–Trinajstić information content (AvgIpc) is 2.90. The molecule has 144 valence electrons. The number of carboxylic acid groups (broad SMARTS) is 1. The fourth-order valence-electron chi connectivity index (χ4n) is 2.42. The molecule has 1 aliphatic heterocycles. The Morgan fingerprint density at radius 2 is 1.69 bits per heavy atom. The predicted molar refractivity (Wildman–Crippen MR) is 91.8 cm³/mol. The summed E-state index contributed by atoms with van der Waals surface area (Å²) in [4.78, 5) is 59.8. The van der Waals surface area contributed by atoms with Crippen LogP contribution < -0.4 is 5.32 Å². The van der Waals surface area contributed by atoms with Crippen LogP contribution in [0.4, 0.5) is 0 Å². The fraction of sp³-hybridized carbons (Fsp3) is 0.588. The maximum absolute atomic E-state index is 12.1. The SMILES string of the molecule is C[C@H](NC(=O)CCCCCN1C(=O)C=CC1=O)C(=O)N(C)[C@@H](C)C(=O)O. The van der Waals surface area contributed by atoms with Crippen molar-refractivity contribution in [2.45, 2.75) is 51.6 Å². The number of rotatable bonds is 10. The molecule has 0 bridgehead atoms. The third-order valence-corrected chi connectivity index (χ3v) is 4.22. The van der Waals surface area contributed by atoms with Gasteiger partial charge in [-0.15, -0.1) is 0 Å². The van der Waals surface area contributed by atoms with Gasteiger partial charge in [0.25, 0.3) is 11.8 Å². The summed E-state index contributed by atoms with van der Waals surface area (Å²) in [6, 6.07) is -1.80. The molecule has 0 aromatic heterocycles. The summed E-state index contributed by atoms with van der Waals surface area (Å²) in [6.45, 7) is 3.21. The largest absolute Gasteiger partial charge is 0.480 e. The highest BCUT2D eigenvalue weighted by Gasteiger charge is 2.26. The molecule has 9 heteroatoms. The van der Waals surface area contributed by atoms with E-state index in [0.29, 0.717) is 25.8 Å². The lowest BCUT2D eigenvalue weighted by molar-refractivity contribution is -0.149. The monoisotopic (exact) mass is 367 g/mol. The Morgan fingerprint density at radius 3 is 2.23 bits per heavy atom. The Hall–Kier alpha value is -2.71. The van der Waals surface area contributed by atoms with Crippen LogP contribution in [0.5, 0.6) is 0 Å². The highest BCUT2D eigenvalue weighted by Crippen LogP contribution is 2.08. The van der Waals surface area contributed by atoms with E-state index in [-0.39, 0.29) is 24.1 Å². The zero-order valence-electron chi connectivity index (χ0n) is 15.2. The van der Waals surface area contributed by atoms with Crippen molar-refractivity contribution in [2.75, 3.05) is 13.6 Å². The van der Waals surface area contributed by atoms with Crippen molar-refractivity contribution in [2.24, 2.45) is 0 Å². The summed E-state index contributed by atoms with van der Waals surface area (Å²) in [6.07, 6.45) is 4.48. The van der Waals surface area contributed by atoms with Gasteiger partial charge in [0.05, 0.1) is 0 Å². The van der Waals surface area contributed by atoms with Crippen molar-refractivity contribution in [3.63, 3.8) is 0 Å². The van der Waals surface area contributed by atoms with Gasteiger partial charge in [0, 0.05) is 32.2 Å². The number of likely N-dealkylation sites (N-methyl/N-ethyl adjacent to an activating group) is 1. The summed E-state index contributed by atoms with van der Waals surface area (Å²) in [5.74, 6) is -2.55. The normalized spacial score (nSPS) is 15.7. The summed E-state index contributed by atoms with van der Waals surface area (Å²) >= 11 is 0. The molecule has 0 spiro atoms. The number of carboxylic acids is 1. The third kappa shape index (κ3) is 5.98. The van der Waals surface area contributed by atoms with Gasteiger partial charge in [-0.2, -0.15) is 0 Å². The van der Waals surface area contributed by atoms with Crippen LogP contribution >= 0.6 is 0 Å². The molecular weight excluding hydrogens is 342 g/mol. The maximum atomic E-state index is 12.1. The molecule has 0 radical (unpaired) electrons. The van der Waals surface area contributed by atoms with Gasteiger partial charge in [-0.1, -0.05) is 6.42 Å². The second-order valence-corrected chi connectivity index (χ2v) is 6.22. The first-order chi connectivity index (χ1) is 12.1. The molecule has 0 unspecified atom stereocenters. The Labute approximate surface area is 152 Å². The van der Waals surface area contributed by atoms with Crippen LogP contribution in [0.25, 0.3) is 0 Å². The minimum atomic E-state index is -1.12. The molecule has 2 atom stereocenters. The van der Waals surface area contributed by atoms with Gasteiger partial charge in [-0.3, -0.25) is 24.1 Å². The molecular formula is C17H25N3O6. The smallest absolute Gasteiger partial charge is 0.326 e. The van der Waals surface area contributed by atoms with Crippen LogP contribution in [0.1, 0.15) is 39.5 Å². The molecule has 1 heterocycles. The lowest BCUT2D eigenvalue weighted by Crippen LogP contribution is -2.50. The topological polar surface area (TPSA) is 124 Å². The van der Waals surface area contributed by atoms with Gasteiger partial charge >= 0.3 is 5.97 Å². The fourth-order valence-corrected chi connectivity index (χ4v) is 2.42. The molecule has 26 heavy (non-hydrogen) atoms. The van der Waals surface area contributed by atoms with E-state index in [9.17, 15) is 24.0 Å². The summed E-state index contributed by atoms with van der Waals surface area (Å²) in [7, 11) is 1.37. The first-order valence-corrected chi connectivity index (χ1v) is 8.47. The molecule has 4 amide bonds. The zero-order valence-corrected chi connectivity index (χ0v) is 15.2. The number of carbonyl (C=O) groups is 5. The van der Waals surface area contributed by atoms with E-state index in [0.717, 1.165) is 9.80 Å². The van der Waals surface area contributed by atoms with Gasteiger partial charge in [0.15, 0.2) is 0 Å². The van der Waals surface area contributed by atoms with E-state index in [1.54, 1.807) is 0 Å². The number of nitrogens with zero attached hydrogens (tertiary/aromatic N) is 2. The number of unbranched alkanes of at least 4 members (excludes halogenated alkanes) is 2. The number of hydrogen-bond donors (Lipinski definition) is 2. The molecule has 0 aliphatic carbocycles. The van der Waals surface area contributed by atoms with Crippen molar-refractivity contribution in [3.8, 4) is 0 Å². The average molecular weight is 367 g/mol. The Balaban J connectivity index is 2.25. The quantitative estimate of drug-likeness (QED) is 0.411. The lowest BCUT2D eigenvalue weighted by Gasteiger charge is -2.25. The van der Waals surface area contributed by atoms with Crippen LogP contribution in [0, 0.1) is 0 Å². The Bertz CT molecular complexity index is 598. The number of nitrogens with one attached hydrogen (secondary N) is 1. The van der Waals surface area contributed by atoms with Crippen LogP contribution in [-0.2, 0) is 24.0 Å². The Kier molecular flexibility index (Phi) is 7.95. The van der Waals surface area contributed by atoms with Crippen molar-refractivity contribution >= 4 is 29.6 Å². The van der Waals surface area contributed by atoms with E-state index in [1.807, 2.05) is 0 Å². The highest BCUT2D eigenvalue weighted by molar-refractivity contribution is 6.12. The van der Waals surface area contributed by atoms with E-state index in [4.69, 9.17) is 5.11 Å². The summed E-state index contributed by atoms with van der Waals surface area (Å²) in [5.41, 5.74) is 0. The maximum Gasteiger partial charge on any atom is 0.326 e. The molecule has 1 aliphatic rings. The van der Waals surface area contributed by atoms with Crippen molar-refractivity contribution < 1.29 is 29.1 Å². The zero-order chi connectivity index (χ0) is 19.9. The molecule has 0 saturated carbocycles. The lowest BCUT2D eigenvalue weighted by atomic mass is 10.1. The summed E-state index contributed by atoms with van der Waals surface area (Å²) < 4.78 is 0. The van der Waals surface area contributed by atoms with Gasteiger partial charge in [0.2, 0.25) is 11.8 Å². The number of aliphatic carboxylic acids is 1. The minimum Gasteiger partial charge on any atom is -0.480 e. The van der Waals surface area contributed by atoms with E-state index in [2.05, 4.69) is 5.32 Å². The molecule has 0 fully saturated rings. The predicted octanol–water partition coefficient (Wildman–Crippen LogP) is -0.0920. The Morgan fingerprint density at radius 1 is 1.12 bits per heavy atom. The molecule has 9 nitrogen and oxygen atoms in total. The van der Waals surface area contributed by atoms with Crippen molar-refractivity contribution in [1.29, 1.82) is 0 Å². The standard InChI is InChI=1S/C17H25N3O6/c1-11(16(24)19(3)12(2)17(25)26)18-13(21)7-5-4-6-10-20-14(22)8-9-15(20)23/h8-9,11-12H,4-7,10H2,1-3H3,(H,18,21)(H,25,26)/t11-,12-/m0/s1. The van der Waals surface area contributed by atoms with Crippen molar-refractivity contribution in [1.82, 2.24) is 15.1 Å². The second kappa shape index (κ2) is 9.69. The molecule has 0 aromatic carbocycles. The second-order valence-electron chi connectivity index (χ2n) is 6.22. The van der Waals surface area contributed by atoms with E-state index >= 15 is 0 Å². The van der Waals surface area contributed by atoms with Crippen molar-refractivity contribution in [3.05, 3.63) is 12.2 Å². The highest BCUT2D eigenvalue weighted by atomic mass is 16.4. The van der Waals surface area contributed by atoms with Gasteiger partial charge in [0.1, 0.15) is 12.1 Å². The van der Waals surface area contributed by atoms with E-state index in [1.165, 1.54) is 33.0 Å². The number of carbonyl (C=O) groups excluding carboxylic acids is 4. The first kappa shape index (κ1) is 21.3. The van der Waals surface area contributed by atoms with Crippen LogP contribution in [0.3, 0.4) is 0 Å². The van der Waals surface area contributed by atoms with Crippen LogP contribution in [0.15, 0.2) is 12.2 Å². The number of imide groups is 1. The molecule has 0 aromatic rings. The minimum absolute atomic E-state index is 0.204. The van der Waals surface area contributed by atoms with Gasteiger partial charge < -0.3 is 15.3 Å². The van der Waals surface area contributed by atoms with Crippen LogP contribution in [-0.4, -0.2) is 70.2 Å². The first-order valence-electron chi connectivity index (χ1n) is 8.47. The van der Waals surface area contributed by atoms with Crippen LogP contribution in [0.2, 0.25) is 0 Å². The summed E-state index contributed by atoms with van der Waals surface area (Å²) in [5, 5.41) is 11.5. The molecule has 1 rings (SSSR count). The third-order valence-electron chi connectivity index (χ3n) is 4.22.